The number of rotatable bonds is 7. The zero-order chi connectivity index (χ0) is 20.9. The third kappa shape index (κ3) is 4.77. The maximum atomic E-state index is 9.91. The summed E-state index contributed by atoms with van der Waals surface area (Å²) in [6.45, 7) is 10.2. The molecule has 7 nitrogen and oxygen atoms in total. The average molecular weight is 426 g/mol. The van der Waals surface area contributed by atoms with Crippen molar-refractivity contribution >= 4 is 17.3 Å². The molecule has 3 heterocycles. The van der Waals surface area contributed by atoms with Crippen molar-refractivity contribution in [2.45, 2.75) is 20.4 Å². The van der Waals surface area contributed by atoms with Gasteiger partial charge in [-0.2, -0.15) is 9.97 Å². The number of hydrogen-bond donors (Lipinski definition) is 1. The topological polar surface area (TPSA) is 74.6 Å². The van der Waals surface area contributed by atoms with Gasteiger partial charge in [0.1, 0.15) is 5.75 Å². The molecule has 1 fully saturated rings. The molecule has 1 aromatic carbocycles. The molecule has 30 heavy (non-hydrogen) atoms. The molecular weight excluding hydrogens is 398 g/mol. The number of ether oxygens (including phenoxy) is 1. The first-order valence-electron chi connectivity index (χ1n) is 10.4. The summed E-state index contributed by atoms with van der Waals surface area (Å²) < 4.78 is 5.48. The third-order valence-corrected chi connectivity index (χ3v) is 6.24. The van der Waals surface area contributed by atoms with Crippen molar-refractivity contribution in [3.05, 3.63) is 41.3 Å². The van der Waals surface area contributed by atoms with Crippen LogP contribution in [0, 0.1) is 0 Å². The molecule has 4 rings (SSSR count). The normalized spacial score (nSPS) is 14.4. The lowest BCUT2D eigenvalue weighted by Gasteiger charge is -2.27. The SMILES string of the molecule is CCN(CC)Cc1ccc(-c2nc(-c3cccc(O)c3)nc(N3CCOCC3)n2)s1. The summed E-state index contributed by atoms with van der Waals surface area (Å²) in [5.41, 5.74) is 0.771. The zero-order valence-electron chi connectivity index (χ0n) is 17.4. The number of aromatic nitrogens is 3. The van der Waals surface area contributed by atoms with Gasteiger partial charge in [0, 0.05) is 30.1 Å². The molecule has 2 aromatic heterocycles. The summed E-state index contributed by atoms with van der Waals surface area (Å²) in [7, 11) is 0. The number of hydrogen-bond acceptors (Lipinski definition) is 8. The second kappa shape index (κ2) is 9.51. The molecule has 1 aliphatic rings. The molecule has 1 aliphatic heterocycles. The number of benzene rings is 1. The van der Waals surface area contributed by atoms with Crippen molar-refractivity contribution in [2.24, 2.45) is 0 Å². The Hall–Kier alpha value is -2.55. The molecule has 0 atom stereocenters. The minimum atomic E-state index is 0.194. The van der Waals surface area contributed by atoms with Gasteiger partial charge in [-0.15, -0.1) is 11.3 Å². The molecule has 1 N–H and O–H groups in total. The van der Waals surface area contributed by atoms with Crippen LogP contribution in [0.2, 0.25) is 0 Å². The van der Waals surface area contributed by atoms with Crippen LogP contribution in [0.15, 0.2) is 36.4 Å². The van der Waals surface area contributed by atoms with E-state index >= 15 is 0 Å². The Morgan fingerprint density at radius 1 is 1.03 bits per heavy atom. The highest BCUT2D eigenvalue weighted by Gasteiger charge is 2.19. The van der Waals surface area contributed by atoms with Crippen molar-refractivity contribution in [1.29, 1.82) is 0 Å². The maximum Gasteiger partial charge on any atom is 0.229 e. The van der Waals surface area contributed by atoms with Crippen LogP contribution in [-0.2, 0) is 11.3 Å². The fraction of sp³-hybridized carbons (Fsp3) is 0.409. The number of phenols is 1. The van der Waals surface area contributed by atoms with Crippen molar-refractivity contribution in [1.82, 2.24) is 19.9 Å². The third-order valence-electron chi connectivity index (χ3n) is 5.18. The van der Waals surface area contributed by atoms with Crippen LogP contribution in [0.5, 0.6) is 5.75 Å². The van der Waals surface area contributed by atoms with E-state index in [0.29, 0.717) is 30.8 Å². The van der Waals surface area contributed by atoms with Gasteiger partial charge in [0.2, 0.25) is 5.95 Å². The second-order valence-corrected chi connectivity index (χ2v) is 8.33. The Morgan fingerprint density at radius 2 is 1.80 bits per heavy atom. The molecule has 0 saturated carbocycles. The lowest BCUT2D eigenvalue weighted by Crippen LogP contribution is -2.37. The van der Waals surface area contributed by atoms with Gasteiger partial charge in [0.15, 0.2) is 11.6 Å². The molecule has 158 valence electrons. The van der Waals surface area contributed by atoms with Gasteiger partial charge in [-0.3, -0.25) is 4.90 Å². The van der Waals surface area contributed by atoms with Gasteiger partial charge in [-0.25, -0.2) is 4.98 Å². The lowest BCUT2D eigenvalue weighted by atomic mass is 10.2. The molecule has 0 unspecified atom stereocenters. The van der Waals surface area contributed by atoms with Gasteiger partial charge < -0.3 is 14.7 Å². The number of anilines is 1. The predicted molar refractivity (Wildman–Crippen MR) is 120 cm³/mol. The molecule has 0 aliphatic carbocycles. The van der Waals surface area contributed by atoms with E-state index in [2.05, 4.69) is 35.8 Å². The van der Waals surface area contributed by atoms with Gasteiger partial charge in [0.25, 0.3) is 0 Å². The fourth-order valence-electron chi connectivity index (χ4n) is 3.40. The molecule has 1 saturated heterocycles. The highest BCUT2D eigenvalue weighted by Crippen LogP contribution is 2.30. The summed E-state index contributed by atoms with van der Waals surface area (Å²) in [5.74, 6) is 2.08. The maximum absolute atomic E-state index is 9.91. The number of thiophene rings is 1. The van der Waals surface area contributed by atoms with E-state index in [9.17, 15) is 5.11 Å². The van der Waals surface area contributed by atoms with Gasteiger partial charge in [-0.05, 0) is 37.4 Å². The van der Waals surface area contributed by atoms with Gasteiger partial charge in [-0.1, -0.05) is 26.0 Å². The van der Waals surface area contributed by atoms with Crippen molar-refractivity contribution in [2.75, 3.05) is 44.3 Å². The Labute approximate surface area is 181 Å². The van der Waals surface area contributed by atoms with Crippen molar-refractivity contribution in [3.8, 4) is 27.8 Å². The summed E-state index contributed by atoms with van der Waals surface area (Å²) in [4.78, 5) is 21.1. The fourth-order valence-corrected chi connectivity index (χ4v) is 4.39. The summed E-state index contributed by atoms with van der Waals surface area (Å²) in [5, 5.41) is 9.91. The first kappa shape index (κ1) is 20.7. The van der Waals surface area contributed by atoms with Crippen LogP contribution < -0.4 is 4.90 Å². The molecule has 0 bridgehead atoms. The number of phenolic OH excluding ortho intramolecular Hbond substituents is 1. The van der Waals surface area contributed by atoms with E-state index in [1.807, 2.05) is 6.07 Å². The van der Waals surface area contributed by atoms with Crippen LogP contribution in [0.25, 0.3) is 22.1 Å². The molecule has 3 aromatic rings. The zero-order valence-corrected chi connectivity index (χ0v) is 18.2. The Bertz CT molecular complexity index is 983. The smallest absolute Gasteiger partial charge is 0.229 e. The average Bonchev–Trinajstić information content (AvgIpc) is 3.26. The van der Waals surface area contributed by atoms with E-state index < -0.39 is 0 Å². The highest BCUT2D eigenvalue weighted by molar-refractivity contribution is 7.15. The summed E-state index contributed by atoms with van der Waals surface area (Å²) in [6.07, 6.45) is 0. The Morgan fingerprint density at radius 3 is 2.53 bits per heavy atom. The number of nitrogens with zero attached hydrogens (tertiary/aromatic N) is 5. The Balaban J connectivity index is 1.71. The summed E-state index contributed by atoms with van der Waals surface area (Å²) in [6, 6.07) is 11.3. The largest absolute Gasteiger partial charge is 0.508 e. The summed E-state index contributed by atoms with van der Waals surface area (Å²) >= 11 is 1.72. The Kier molecular flexibility index (Phi) is 6.56. The standard InChI is InChI=1S/C22H27N5O2S/c1-3-26(4-2)15-18-8-9-19(30-18)21-23-20(16-6-5-7-17(28)14-16)24-22(25-21)27-10-12-29-13-11-27/h5-9,14,28H,3-4,10-13,15H2,1-2H3. The van der Waals surface area contributed by atoms with Crippen molar-refractivity contribution in [3.63, 3.8) is 0 Å². The minimum absolute atomic E-state index is 0.194. The van der Waals surface area contributed by atoms with E-state index in [4.69, 9.17) is 19.7 Å². The number of morpholine rings is 1. The second-order valence-electron chi connectivity index (χ2n) is 7.16. The first-order valence-corrected chi connectivity index (χ1v) is 11.2. The van der Waals surface area contributed by atoms with E-state index in [0.717, 1.165) is 43.2 Å². The monoisotopic (exact) mass is 425 g/mol. The van der Waals surface area contributed by atoms with Crippen LogP contribution in [0.3, 0.4) is 0 Å². The van der Waals surface area contributed by atoms with Crippen molar-refractivity contribution < 1.29 is 9.84 Å². The number of aromatic hydroxyl groups is 1. The molecule has 0 radical (unpaired) electrons. The van der Waals surface area contributed by atoms with Crippen LogP contribution in [-0.4, -0.2) is 64.4 Å². The van der Waals surface area contributed by atoms with Crippen LogP contribution >= 0.6 is 11.3 Å². The predicted octanol–water partition coefficient (Wildman–Crippen LogP) is 3.65. The molecule has 8 heteroatoms. The molecule has 0 spiro atoms. The minimum Gasteiger partial charge on any atom is -0.508 e. The van der Waals surface area contributed by atoms with Crippen LogP contribution in [0.4, 0.5) is 5.95 Å². The quantitative estimate of drug-likeness (QED) is 0.619. The van der Waals surface area contributed by atoms with E-state index in [1.54, 1.807) is 29.5 Å². The molecule has 0 amide bonds. The van der Waals surface area contributed by atoms with E-state index in [-0.39, 0.29) is 5.75 Å². The van der Waals surface area contributed by atoms with Gasteiger partial charge in [0.05, 0.1) is 18.1 Å². The van der Waals surface area contributed by atoms with E-state index in [1.165, 1.54) is 4.88 Å². The van der Waals surface area contributed by atoms with Gasteiger partial charge >= 0.3 is 0 Å². The lowest BCUT2D eigenvalue weighted by molar-refractivity contribution is 0.122. The van der Waals surface area contributed by atoms with Crippen LogP contribution in [0.1, 0.15) is 18.7 Å². The highest BCUT2D eigenvalue weighted by atomic mass is 32.1. The first-order chi connectivity index (χ1) is 14.7. The molecular formula is C22H27N5O2S.